The van der Waals surface area contributed by atoms with Crippen LogP contribution in [-0.2, 0) is 4.79 Å². The van der Waals surface area contributed by atoms with E-state index in [2.05, 4.69) is 74.6 Å². The molecule has 0 aliphatic heterocycles. The summed E-state index contributed by atoms with van der Waals surface area (Å²) in [7, 11) is 1.68. The molecule has 0 fully saturated rings. The number of hydrogen-bond donors (Lipinski definition) is 1. The van der Waals surface area contributed by atoms with Crippen molar-refractivity contribution in [2.45, 2.75) is 65.4 Å². The van der Waals surface area contributed by atoms with Crippen molar-refractivity contribution < 1.29 is 14.3 Å². The first-order valence-corrected chi connectivity index (χ1v) is 13.0. The molecular weight excluding hydrogens is 446 g/mol. The lowest BCUT2D eigenvalue weighted by molar-refractivity contribution is -0.121. The molecule has 0 spiro atoms. The van der Waals surface area contributed by atoms with Gasteiger partial charge in [0.25, 0.3) is 0 Å². The van der Waals surface area contributed by atoms with Gasteiger partial charge in [0.05, 0.1) is 13.2 Å². The topological polar surface area (TPSA) is 47.6 Å². The molecule has 0 heterocycles. The average Bonchev–Trinajstić information content (AvgIpc) is 2.86. The maximum atomic E-state index is 13.1. The van der Waals surface area contributed by atoms with Crippen molar-refractivity contribution in [3.63, 3.8) is 0 Å². The minimum atomic E-state index is -0.0128. The lowest BCUT2D eigenvalue weighted by Gasteiger charge is -2.23. The summed E-state index contributed by atoms with van der Waals surface area (Å²) in [6, 6.07) is 24.9. The highest BCUT2D eigenvalue weighted by molar-refractivity contribution is 5.77. The Balaban J connectivity index is 1.67. The van der Waals surface area contributed by atoms with Gasteiger partial charge in [0, 0.05) is 18.9 Å². The van der Waals surface area contributed by atoms with Crippen LogP contribution in [0.3, 0.4) is 0 Å². The smallest absolute Gasteiger partial charge is 0.220 e. The third-order valence-electron chi connectivity index (χ3n) is 6.65. The summed E-state index contributed by atoms with van der Waals surface area (Å²) >= 11 is 0. The minimum Gasteiger partial charge on any atom is -0.497 e. The number of amides is 1. The van der Waals surface area contributed by atoms with Crippen LogP contribution in [0, 0.1) is 12.8 Å². The third-order valence-corrected chi connectivity index (χ3v) is 6.65. The van der Waals surface area contributed by atoms with Crippen molar-refractivity contribution in [2.75, 3.05) is 13.7 Å². The average molecular weight is 488 g/mol. The second-order valence-electron chi connectivity index (χ2n) is 10.2. The first-order chi connectivity index (χ1) is 17.3. The van der Waals surface area contributed by atoms with Crippen molar-refractivity contribution in [3.8, 4) is 11.5 Å². The highest BCUT2D eigenvalue weighted by Gasteiger charge is 2.20. The van der Waals surface area contributed by atoms with Crippen molar-refractivity contribution in [1.29, 1.82) is 0 Å². The first-order valence-electron chi connectivity index (χ1n) is 13.0. The number of rotatable bonds is 12. The molecule has 2 atom stereocenters. The molecule has 0 saturated carbocycles. The van der Waals surface area contributed by atoms with Crippen LogP contribution in [0.15, 0.2) is 72.8 Å². The number of ether oxygens (including phenoxy) is 2. The van der Waals surface area contributed by atoms with Gasteiger partial charge in [0.1, 0.15) is 11.5 Å². The molecule has 2 unspecified atom stereocenters. The number of carbonyl (C=O) groups is 1. The molecule has 192 valence electrons. The second-order valence-corrected chi connectivity index (χ2v) is 10.2. The summed E-state index contributed by atoms with van der Waals surface area (Å²) in [6.45, 7) is 11.2. The Morgan fingerprint density at radius 3 is 1.83 bits per heavy atom. The zero-order chi connectivity index (χ0) is 26.1. The molecule has 0 aliphatic carbocycles. The SMILES string of the molecule is COc1ccc(C(CCNC(=O)CC(c2ccc(C)cc2)c2ccc(OC(C)C)cc2)C(C)C)cc1. The van der Waals surface area contributed by atoms with Crippen LogP contribution in [0.4, 0.5) is 0 Å². The lowest BCUT2D eigenvalue weighted by Crippen LogP contribution is -2.28. The standard InChI is InChI=1S/C32H41NO3/c1-22(2)30(25-11-15-28(35-6)16-12-25)19-20-33-32(34)21-31(26-9-7-24(5)8-10-26)27-13-17-29(18-14-27)36-23(3)4/h7-18,22-23,30-31H,19-21H2,1-6H3,(H,33,34). The largest absolute Gasteiger partial charge is 0.497 e. The van der Waals surface area contributed by atoms with E-state index in [0.29, 0.717) is 24.8 Å². The quantitative estimate of drug-likeness (QED) is 0.292. The molecule has 36 heavy (non-hydrogen) atoms. The molecule has 3 aromatic carbocycles. The molecule has 4 nitrogen and oxygen atoms in total. The Kier molecular flexibility index (Phi) is 9.98. The number of benzene rings is 3. The highest BCUT2D eigenvalue weighted by atomic mass is 16.5. The molecule has 1 amide bonds. The van der Waals surface area contributed by atoms with Crippen molar-refractivity contribution in [3.05, 3.63) is 95.1 Å². The molecule has 3 rings (SSSR count). The summed E-state index contributed by atoms with van der Waals surface area (Å²) < 4.78 is 11.1. The molecule has 3 aromatic rings. The Hall–Kier alpha value is -3.27. The van der Waals surface area contributed by atoms with E-state index in [1.807, 2.05) is 38.1 Å². The Labute approximate surface area is 217 Å². The van der Waals surface area contributed by atoms with Gasteiger partial charge < -0.3 is 14.8 Å². The van der Waals surface area contributed by atoms with Gasteiger partial charge in [0.15, 0.2) is 0 Å². The number of nitrogens with one attached hydrogen (secondary N) is 1. The molecule has 0 saturated heterocycles. The predicted molar refractivity (Wildman–Crippen MR) is 148 cm³/mol. The molecule has 1 N–H and O–H groups in total. The molecule has 4 heteroatoms. The summed E-state index contributed by atoms with van der Waals surface area (Å²) in [5.41, 5.74) is 4.75. The van der Waals surface area contributed by atoms with E-state index in [1.54, 1.807) is 7.11 Å². The molecule has 0 aromatic heterocycles. The van der Waals surface area contributed by atoms with Gasteiger partial charge in [-0.05, 0) is 80.0 Å². The lowest BCUT2D eigenvalue weighted by atomic mass is 9.85. The molecular formula is C32H41NO3. The summed E-state index contributed by atoms with van der Waals surface area (Å²) in [4.78, 5) is 13.1. The Morgan fingerprint density at radius 1 is 0.778 bits per heavy atom. The van der Waals surface area contributed by atoms with Crippen LogP contribution in [0.1, 0.15) is 74.6 Å². The van der Waals surface area contributed by atoms with E-state index >= 15 is 0 Å². The second kappa shape index (κ2) is 13.2. The van der Waals surface area contributed by atoms with E-state index in [1.165, 1.54) is 11.1 Å². The molecule has 0 aliphatic rings. The fourth-order valence-corrected chi connectivity index (χ4v) is 4.64. The number of aryl methyl sites for hydroxylation is 1. The van der Waals surface area contributed by atoms with E-state index in [4.69, 9.17) is 9.47 Å². The number of methoxy groups -OCH3 is 1. The fraction of sp³-hybridized carbons (Fsp3) is 0.406. The highest BCUT2D eigenvalue weighted by Crippen LogP contribution is 2.31. The molecule has 0 bridgehead atoms. The fourth-order valence-electron chi connectivity index (χ4n) is 4.64. The summed E-state index contributed by atoms with van der Waals surface area (Å²) in [5.74, 6) is 2.61. The zero-order valence-corrected chi connectivity index (χ0v) is 22.6. The normalized spacial score (nSPS) is 12.9. The van der Waals surface area contributed by atoms with Gasteiger partial charge >= 0.3 is 0 Å². The Bertz CT molecular complexity index is 1070. The third kappa shape index (κ3) is 7.87. The van der Waals surface area contributed by atoms with Crippen LogP contribution in [0.2, 0.25) is 0 Å². The van der Waals surface area contributed by atoms with Crippen LogP contribution in [0.5, 0.6) is 11.5 Å². The van der Waals surface area contributed by atoms with E-state index in [9.17, 15) is 4.79 Å². The van der Waals surface area contributed by atoms with Crippen molar-refractivity contribution in [2.24, 2.45) is 5.92 Å². The van der Waals surface area contributed by atoms with Gasteiger partial charge in [-0.2, -0.15) is 0 Å². The van der Waals surface area contributed by atoms with Gasteiger partial charge in [-0.15, -0.1) is 0 Å². The summed E-state index contributed by atoms with van der Waals surface area (Å²) in [6.07, 6.45) is 1.43. The van der Waals surface area contributed by atoms with Crippen LogP contribution in [0.25, 0.3) is 0 Å². The van der Waals surface area contributed by atoms with Gasteiger partial charge in [-0.3, -0.25) is 4.79 Å². The van der Waals surface area contributed by atoms with Gasteiger partial charge in [-0.1, -0.05) is 67.9 Å². The van der Waals surface area contributed by atoms with E-state index < -0.39 is 0 Å². The van der Waals surface area contributed by atoms with E-state index in [0.717, 1.165) is 29.0 Å². The zero-order valence-electron chi connectivity index (χ0n) is 22.6. The summed E-state index contributed by atoms with van der Waals surface area (Å²) in [5, 5.41) is 3.19. The number of hydrogen-bond acceptors (Lipinski definition) is 3. The Morgan fingerprint density at radius 2 is 1.31 bits per heavy atom. The first kappa shape index (κ1) is 27.3. The van der Waals surface area contributed by atoms with Crippen molar-refractivity contribution in [1.82, 2.24) is 5.32 Å². The van der Waals surface area contributed by atoms with Crippen LogP contribution >= 0.6 is 0 Å². The van der Waals surface area contributed by atoms with Crippen molar-refractivity contribution >= 4 is 5.91 Å². The predicted octanol–water partition coefficient (Wildman–Crippen LogP) is 7.26. The monoisotopic (exact) mass is 487 g/mol. The van der Waals surface area contributed by atoms with Crippen LogP contribution in [-0.4, -0.2) is 25.7 Å². The van der Waals surface area contributed by atoms with E-state index in [-0.39, 0.29) is 17.9 Å². The maximum Gasteiger partial charge on any atom is 0.220 e. The van der Waals surface area contributed by atoms with Gasteiger partial charge in [-0.25, -0.2) is 0 Å². The number of carbonyl (C=O) groups excluding carboxylic acids is 1. The maximum absolute atomic E-state index is 13.1. The van der Waals surface area contributed by atoms with Crippen LogP contribution < -0.4 is 14.8 Å². The minimum absolute atomic E-state index is 0.0128. The van der Waals surface area contributed by atoms with Gasteiger partial charge in [0.2, 0.25) is 5.91 Å². The molecule has 0 radical (unpaired) electrons.